The molecule has 0 aliphatic heterocycles. The lowest BCUT2D eigenvalue weighted by molar-refractivity contribution is -0.142. The van der Waals surface area contributed by atoms with E-state index in [9.17, 15) is 9.90 Å². The molecule has 1 rings (SSSR count). The molecule has 6 nitrogen and oxygen atoms in total. The van der Waals surface area contributed by atoms with Gasteiger partial charge in [-0.1, -0.05) is 0 Å². The number of rotatable bonds is 4. The summed E-state index contributed by atoms with van der Waals surface area (Å²) in [5.41, 5.74) is -0.261. The first-order valence-corrected chi connectivity index (χ1v) is 5.59. The van der Waals surface area contributed by atoms with Gasteiger partial charge < -0.3 is 10.0 Å². The lowest BCUT2D eigenvalue weighted by Gasteiger charge is -2.34. The molecule has 0 aliphatic carbocycles. The summed E-state index contributed by atoms with van der Waals surface area (Å²) in [7, 11) is 0. The van der Waals surface area contributed by atoms with Crippen LogP contribution < -0.4 is 4.90 Å². The van der Waals surface area contributed by atoms with Crippen molar-refractivity contribution in [2.75, 3.05) is 11.4 Å². The summed E-state index contributed by atoms with van der Waals surface area (Å²) in [6.07, 6.45) is 0. The van der Waals surface area contributed by atoms with Gasteiger partial charge >= 0.3 is 5.97 Å². The smallest absolute Gasteiger partial charge is 0.329 e. The molecule has 18 heavy (non-hydrogen) atoms. The first-order chi connectivity index (χ1) is 8.32. The quantitative estimate of drug-likeness (QED) is 0.864. The largest absolute Gasteiger partial charge is 0.480 e. The maximum absolute atomic E-state index is 11.3. The Hall–Kier alpha value is -2.16. The topological polar surface area (TPSA) is 90.1 Å². The van der Waals surface area contributed by atoms with Crippen LogP contribution in [0.1, 0.15) is 32.2 Å². The van der Waals surface area contributed by atoms with Gasteiger partial charge in [0, 0.05) is 12.2 Å². The van der Waals surface area contributed by atoms with Gasteiger partial charge in [-0.2, -0.15) is 5.26 Å². The third-order valence-corrected chi connectivity index (χ3v) is 2.71. The van der Waals surface area contributed by atoms with E-state index in [0.717, 1.165) is 0 Å². The third-order valence-electron chi connectivity index (χ3n) is 2.71. The molecule has 96 valence electrons. The molecule has 0 saturated carbocycles. The summed E-state index contributed by atoms with van der Waals surface area (Å²) in [5.74, 6) is -0.700. The molecule has 1 heterocycles. The van der Waals surface area contributed by atoms with E-state index in [2.05, 4.69) is 9.97 Å². The molecular formula is C12H16N4O2. The van der Waals surface area contributed by atoms with Crippen molar-refractivity contribution in [3.05, 3.63) is 17.5 Å². The Morgan fingerprint density at radius 2 is 2.17 bits per heavy atom. The number of nitrogens with zero attached hydrogens (tertiary/aromatic N) is 4. The molecule has 0 radical (unpaired) electrons. The molecule has 0 bridgehead atoms. The van der Waals surface area contributed by atoms with Gasteiger partial charge in [-0.05, 0) is 33.8 Å². The SMILES string of the molecule is CCN(c1nc(C)cc(C#N)n1)C(C)(C)C(=O)O. The zero-order valence-corrected chi connectivity index (χ0v) is 10.9. The van der Waals surface area contributed by atoms with Gasteiger partial charge in [0.25, 0.3) is 0 Å². The van der Waals surface area contributed by atoms with Crippen LogP contribution in [0.15, 0.2) is 6.07 Å². The monoisotopic (exact) mass is 248 g/mol. The maximum Gasteiger partial charge on any atom is 0.329 e. The Bertz CT molecular complexity index is 505. The molecule has 0 atom stereocenters. The van der Waals surface area contributed by atoms with Crippen LogP contribution in [0.25, 0.3) is 0 Å². The van der Waals surface area contributed by atoms with E-state index in [1.807, 2.05) is 13.0 Å². The van der Waals surface area contributed by atoms with Gasteiger partial charge in [0.1, 0.15) is 17.3 Å². The van der Waals surface area contributed by atoms with Gasteiger partial charge in [0.15, 0.2) is 0 Å². The molecule has 0 unspecified atom stereocenters. The highest BCUT2D eigenvalue weighted by Gasteiger charge is 2.35. The fourth-order valence-electron chi connectivity index (χ4n) is 1.63. The fourth-order valence-corrected chi connectivity index (χ4v) is 1.63. The number of hydrogen-bond donors (Lipinski definition) is 1. The fraction of sp³-hybridized carbons (Fsp3) is 0.500. The van der Waals surface area contributed by atoms with Crippen LogP contribution in [-0.4, -0.2) is 33.1 Å². The average molecular weight is 248 g/mol. The van der Waals surface area contributed by atoms with Crippen molar-refractivity contribution < 1.29 is 9.90 Å². The van der Waals surface area contributed by atoms with E-state index in [1.54, 1.807) is 31.7 Å². The molecule has 6 heteroatoms. The van der Waals surface area contributed by atoms with Gasteiger partial charge in [-0.15, -0.1) is 0 Å². The lowest BCUT2D eigenvalue weighted by atomic mass is 10.0. The van der Waals surface area contributed by atoms with Crippen LogP contribution in [0.3, 0.4) is 0 Å². The molecule has 0 fully saturated rings. The maximum atomic E-state index is 11.3. The summed E-state index contributed by atoms with van der Waals surface area (Å²) in [5, 5.41) is 18.1. The Balaban J connectivity index is 3.30. The van der Waals surface area contributed by atoms with Crippen molar-refractivity contribution in [3.8, 4) is 6.07 Å². The first-order valence-electron chi connectivity index (χ1n) is 5.59. The number of aliphatic carboxylic acids is 1. The van der Waals surface area contributed by atoms with E-state index in [4.69, 9.17) is 5.26 Å². The van der Waals surface area contributed by atoms with Gasteiger partial charge in [0.05, 0.1) is 0 Å². The Morgan fingerprint density at radius 1 is 1.56 bits per heavy atom. The molecular weight excluding hydrogens is 232 g/mol. The predicted octanol–water partition coefficient (Wildman–Crippen LogP) is 1.35. The zero-order chi connectivity index (χ0) is 13.9. The molecule has 1 aromatic heterocycles. The number of anilines is 1. The summed E-state index contributed by atoms with van der Waals surface area (Å²) >= 11 is 0. The van der Waals surface area contributed by atoms with Crippen molar-refractivity contribution in [1.82, 2.24) is 9.97 Å². The summed E-state index contributed by atoms with van der Waals surface area (Å²) in [6.45, 7) is 7.16. The predicted molar refractivity (Wildman–Crippen MR) is 66.2 cm³/mol. The number of likely N-dealkylation sites (N-methyl/N-ethyl adjacent to an activating group) is 1. The molecule has 0 amide bonds. The van der Waals surface area contributed by atoms with Crippen LogP contribution in [0.4, 0.5) is 5.95 Å². The minimum atomic E-state index is -1.13. The van der Waals surface area contributed by atoms with Crippen molar-refractivity contribution in [2.45, 2.75) is 33.2 Å². The number of carboxylic acid groups (broad SMARTS) is 1. The number of aromatic nitrogens is 2. The highest BCUT2D eigenvalue weighted by molar-refractivity contribution is 5.81. The van der Waals surface area contributed by atoms with Crippen LogP contribution in [0.2, 0.25) is 0 Å². The van der Waals surface area contributed by atoms with E-state index < -0.39 is 11.5 Å². The van der Waals surface area contributed by atoms with Crippen LogP contribution in [0.5, 0.6) is 0 Å². The van der Waals surface area contributed by atoms with Crippen molar-refractivity contribution in [3.63, 3.8) is 0 Å². The Labute approximate surface area is 106 Å². The van der Waals surface area contributed by atoms with E-state index >= 15 is 0 Å². The number of aryl methyl sites for hydroxylation is 1. The molecule has 1 N–H and O–H groups in total. The standard InChI is InChI=1S/C12H16N4O2/c1-5-16(12(3,4)10(17)18)11-14-8(2)6-9(7-13)15-11/h6H,5H2,1-4H3,(H,17,18). The lowest BCUT2D eigenvalue weighted by Crippen LogP contribution is -2.51. The molecule has 0 spiro atoms. The highest BCUT2D eigenvalue weighted by atomic mass is 16.4. The number of carboxylic acids is 1. The second-order valence-corrected chi connectivity index (χ2v) is 4.41. The number of hydrogen-bond acceptors (Lipinski definition) is 5. The summed E-state index contributed by atoms with van der Waals surface area (Å²) in [6, 6.07) is 3.50. The Morgan fingerprint density at radius 3 is 2.61 bits per heavy atom. The molecule has 0 saturated heterocycles. The van der Waals surface area contributed by atoms with Crippen molar-refractivity contribution in [1.29, 1.82) is 5.26 Å². The van der Waals surface area contributed by atoms with Gasteiger partial charge in [0.2, 0.25) is 5.95 Å². The average Bonchev–Trinajstić information content (AvgIpc) is 2.28. The Kier molecular flexibility index (Phi) is 3.86. The van der Waals surface area contributed by atoms with Gasteiger partial charge in [-0.25, -0.2) is 14.8 Å². The summed E-state index contributed by atoms with van der Waals surface area (Å²) in [4.78, 5) is 21.1. The highest BCUT2D eigenvalue weighted by Crippen LogP contribution is 2.21. The van der Waals surface area contributed by atoms with Gasteiger partial charge in [-0.3, -0.25) is 0 Å². The molecule has 0 aromatic carbocycles. The summed E-state index contributed by atoms with van der Waals surface area (Å²) < 4.78 is 0. The number of nitriles is 1. The van der Waals surface area contributed by atoms with E-state index in [1.165, 1.54) is 0 Å². The van der Waals surface area contributed by atoms with Crippen LogP contribution in [-0.2, 0) is 4.79 Å². The molecule has 0 aliphatic rings. The second kappa shape index (κ2) is 5.00. The second-order valence-electron chi connectivity index (χ2n) is 4.41. The zero-order valence-electron chi connectivity index (χ0n) is 10.9. The van der Waals surface area contributed by atoms with Crippen molar-refractivity contribution >= 4 is 11.9 Å². The first kappa shape index (κ1) is 13.9. The third kappa shape index (κ3) is 2.56. The van der Waals surface area contributed by atoms with E-state index in [0.29, 0.717) is 12.2 Å². The normalized spacial score (nSPS) is 10.8. The van der Waals surface area contributed by atoms with Crippen LogP contribution in [0, 0.1) is 18.3 Å². The minimum absolute atomic E-state index is 0.233. The molecule has 1 aromatic rings. The van der Waals surface area contributed by atoms with E-state index in [-0.39, 0.29) is 11.6 Å². The van der Waals surface area contributed by atoms with Crippen LogP contribution >= 0.6 is 0 Å². The minimum Gasteiger partial charge on any atom is -0.480 e. The van der Waals surface area contributed by atoms with Crippen molar-refractivity contribution in [2.24, 2.45) is 0 Å². The number of carbonyl (C=O) groups is 1.